The van der Waals surface area contributed by atoms with Crippen molar-refractivity contribution in [1.29, 1.82) is 5.26 Å². The molecule has 0 saturated heterocycles. The molecule has 0 spiro atoms. The second-order valence-electron chi connectivity index (χ2n) is 1.66. The standard InChI is InChI=1S/C6H7NO2S/c1-4(8)6(5(2)9)10-3-7/h8H,1-2H3/b6-4-. The maximum Gasteiger partial charge on any atom is 0.170 e. The van der Waals surface area contributed by atoms with E-state index in [9.17, 15) is 4.79 Å². The summed E-state index contributed by atoms with van der Waals surface area (Å²) >= 11 is 0.678. The van der Waals surface area contributed by atoms with Crippen LogP contribution in [0.1, 0.15) is 13.8 Å². The molecule has 0 aromatic rings. The van der Waals surface area contributed by atoms with Gasteiger partial charge in [-0.25, -0.2) is 0 Å². The van der Waals surface area contributed by atoms with Gasteiger partial charge in [-0.1, -0.05) is 0 Å². The highest BCUT2D eigenvalue weighted by Crippen LogP contribution is 2.17. The largest absolute Gasteiger partial charge is 0.511 e. The summed E-state index contributed by atoms with van der Waals surface area (Å²) in [6.45, 7) is 2.68. The summed E-state index contributed by atoms with van der Waals surface area (Å²) in [5, 5.41) is 18.7. The average molecular weight is 157 g/mol. The van der Waals surface area contributed by atoms with Crippen LogP contribution in [-0.2, 0) is 4.79 Å². The van der Waals surface area contributed by atoms with E-state index in [1.165, 1.54) is 13.8 Å². The first kappa shape index (κ1) is 9.05. The molecule has 4 heteroatoms. The van der Waals surface area contributed by atoms with Gasteiger partial charge in [0.2, 0.25) is 0 Å². The highest BCUT2D eigenvalue weighted by atomic mass is 32.2. The van der Waals surface area contributed by atoms with E-state index < -0.39 is 0 Å². The number of thioether (sulfide) groups is 1. The maximum absolute atomic E-state index is 10.6. The van der Waals surface area contributed by atoms with Crippen molar-refractivity contribution in [2.24, 2.45) is 0 Å². The van der Waals surface area contributed by atoms with Gasteiger partial charge in [-0.2, -0.15) is 5.26 Å². The minimum Gasteiger partial charge on any atom is -0.511 e. The van der Waals surface area contributed by atoms with Crippen LogP contribution in [0.25, 0.3) is 0 Å². The van der Waals surface area contributed by atoms with Gasteiger partial charge in [-0.3, -0.25) is 4.79 Å². The van der Waals surface area contributed by atoms with Crippen LogP contribution in [0.3, 0.4) is 0 Å². The number of carbonyl (C=O) groups excluding carboxylic acids is 1. The summed E-state index contributed by atoms with van der Waals surface area (Å²) in [7, 11) is 0. The molecule has 0 amide bonds. The lowest BCUT2D eigenvalue weighted by Crippen LogP contribution is -1.94. The molecule has 54 valence electrons. The van der Waals surface area contributed by atoms with E-state index >= 15 is 0 Å². The van der Waals surface area contributed by atoms with E-state index in [0.717, 1.165) is 0 Å². The number of allylic oxidation sites excluding steroid dienone is 2. The quantitative estimate of drug-likeness (QED) is 0.375. The summed E-state index contributed by atoms with van der Waals surface area (Å²) in [6.07, 6.45) is 0. The molecule has 0 aromatic carbocycles. The summed E-state index contributed by atoms with van der Waals surface area (Å²) in [6, 6.07) is 0. The summed E-state index contributed by atoms with van der Waals surface area (Å²) < 4.78 is 0. The van der Waals surface area contributed by atoms with E-state index in [2.05, 4.69) is 0 Å². The Hall–Kier alpha value is -0.950. The Balaban J connectivity index is 4.48. The number of thiocyanates is 1. The van der Waals surface area contributed by atoms with Gasteiger partial charge in [-0.05, 0) is 25.6 Å². The van der Waals surface area contributed by atoms with Crippen molar-refractivity contribution >= 4 is 17.5 Å². The number of hydrogen-bond acceptors (Lipinski definition) is 4. The predicted octanol–water partition coefficient (Wildman–Crippen LogP) is 1.58. The average Bonchev–Trinajstić information content (AvgIpc) is 1.81. The molecule has 0 rings (SSSR count). The van der Waals surface area contributed by atoms with Crippen LogP contribution >= 0.6 is 11.8 Å². The molecule has 0 radical (unpaired) electrons. The van der Waals surface area contributed by atoms with Gasteiger partial charge in [0.25, 0.3) is 0 Å². The number of rotatable bonds is 2. The van der Waals surface area contributed by atoms with Crippen molar-refractivity contribution in [3.05, 3.63) is 10.7 Å². The van der Waals surface area contributed by atoms with Crippen molar-refractivity contribution in [2.75, 3.05) is 0 Å². The lowest BCUT2D eigenvalue weighted by atomic mass is 10.4. The number of hydrogen-bond donors (Lipinski definition) is 1. The van der Waals surface area contributed by atoms with Crippen LogP contribution in [0.5, 0.6) is 0 Å². The number of nitriles is 1. The molecule has 0 aliphatic carbocycles. The Morgan fingerprint density at radius 2 is 2.10 bits per heavy atom. The van der Waals surface area contributed by atoms with Crippen molar-refractivity contribution < 1.29 is 9.90 Å². The predicted molar refractivity (Wildman–Crippen MR) is 39.2 cm³/mol. The van der Waals surface area contributed by atoms with Crippen LogP contribution < -0.4 is 0 Å². The summed E-state index contributed by atoms with van der Waals surface area (Å²) in [5.74, 6) is -0.384. The van der Waals surface area contributed by atoms with Crippen LogP contribution in [0.2, 0.25) is 0 Å². The number of Topliss-reactive ketones (excluding diaryl/α,β-unsaturated/α-hetero) is 1. The smallest absolute Gasteiger partial charge is 0.170 e. The molecule has 0 atom stereocenters. The van der Waals surface area contributed by atoms with Gasteiger partial charge in [-0.15, -0.1) is 0 Å². The number of nitrogens with zero attached hydrogens (tertiary/aromatic N) is 1. The molecule has 0 heterocycles. The van der Waals surface area contributed by atoms with Crippen molar-refractivity contribution in [1.82, 2.24) is 0 Å². The first-order chi connectivity index (χ1) is 4.59. The number of aliphatic hydroxyl groups excluding tert-OH is 1. The fraction of sp³-hybridized carbons (Fsp3) is 0.333. The van der Waals surface area contributed by atoms with Gasteiger partial charge >= 0.3 is 0 Å². The molecule has 1 N–H and O–H groups in total. The van der Waals surface area contributed by atoms with Crippen molar-refractivity contribution in [2.45, 2.75) is 13.8 Å². The second kappa shape index (κ2) is 3.96. The molecular weight excluding hydrogens is 150 g/mol. The topological polar surface area (TPSA) is 61.1 Å². The molecule has 0 saturated carbocycles. The molecule has 0 aliphatic heterocycles. The molecular formula is C6H7NO2S. The van der Waals surface area contributed by atoms with E-state index in [0.29, 0.717) is 11.8 Å². The van der Waals surface area contributed by atoms with Gasteiger partial charge in [0.15, 0.2) is 5.78 Å². The Labute approximate surface area is 63.3 Å². The van der Waals surface area contributed by atoms with Gasteiger partial charge in [0, 0.05) is 0 Å². The number of aliphatic hydroxyl groups is 1. The van der Waals surface area contributed by atoms with Crippen LogP contribution in [0.15, 0.2) is 10.7 Å². The highest BCUT2D eigenvalue weighted by molar-refractivity contribution is 8.08. The van der Waals surface area contributed by atoms with E-state index in [1.54, 1.807) is 5.40 Å². The molecule has 0 fully saturated rings. The normalized spacial score (nSPS) is 11.7. The third kappa shape index (κ3) is 2.55. The van der Waals surface area contributed by atoms with Gasteiger partial charge < -0.3 is 5.11 Å². The molecule has 10 heavy (non-hydrogen) atoms. The first-order valence-electron chi connectivity index (χ1n) is 2.56. The summed E-state index contributed by atoms with van der Waals surface area (Å²) in [4.78, 5) is 10.7. The fourth-order valence-corrected chi connectivity index (χ4v) is 0.829. The Morgan fingerprint density at radius 1 is 1.60 bits per heavy atom. The minimum atomic E-state index is -0.286. The van der Waals surface area contributed by atoms with Crippen molar-refractivity contribution in [3.63, 3.8) is 0 Å². The second-order valence-corrected chi connectivity index (χ2v) is 2.46. The number of carbonyl (C=O) groups is 1. The SMILES string of the molecule is CC(=O)/C(SC#N)=C(\C)O. The van der Waals surface area contributed by atoms with Crippen LogP contribution in [0, 0.1) is 10.7 Å². The summed E-state index contributed by atoms with van der Waals surface area (Å²) in [5.41, 5.74) is 0. The zero-order chi connectivity index (χ0) is 8.15. The van der Waals surface area contributed by atoms with E-state index in [1.807, 2.05) is 0 Å². The number of ketones is 1. The zero-order valence-electron chi connectivity index (χ0n) is 5.71. The Kier molecular flexibility index (Phi) is 3.59. The fourth-order valence-electron chi connectivity index (χ4n) is 0.446. The van der Waals surface area contributed by atoms with E-state index in [4.69, 9.17) is 10.4 Å². The monoisotopic (exact) mass is 157 g/mol. The van der Waals surface area contributed by atoms with Crippen LogP contribution in [0.4, 0.5) is 0 Å². The van der Waals surface area contributed by atoms with Crippen molar-refractivity contribution in [3.8, 4) is 5.40 Å². The molecule has 0 bridgehead atoms. The van der Waals surface area contributed by atoms with Crippen LogP contribution in [-0.4, -0.2) is 10.9 Å². The maximum atomic E-state index is 10.6. The third-order valence-corrected chi connectivity index (χ3v) is 1.67. The lowest BCUT2D eigenvalue weighted by molar-refractivity contribution is -0.113. The molecule has 0 aliphatic rings. The first-order valence-corrected chi connectivity index (χ1v) is 3.38. The minimum absolute atomic E-state index is 0.0981. The van der Waals surface area contributed by atoms with Gasteiger partial charge in [0.05, 0.1) is 0 Å². The molecule has 0 aromatic heterocycles. The third-order valence-electron chi connectivity index (χ3n) is 0.796. The van der Waals surface area contributed by atoms with Gasteiger partial charge in [0.1, 0.15) is 16.1 Å². The Morgan fingerprint density at radius 3 is 2.20 bits per heavy atom. The molecule has 0 unspecified atom stereocenters. The lowest BCUT2D eigenvalue weighted by Gasteiger charge is -1.95. The zero-order valence-corrected chi connectivity index (χ0v) is 6.53. The highest BCUT2D eigenvalue weighted by Gasteiger charge is 2.07. The Bertz CT molecular complexity index is 210. The molecule has 3 nitrogen and oxygen atoms in total. The van der Waals surface area contributed by atoms with E-state index in [-0.39, 0.29) is 16.4 Å².